The monoisotopic (exact) mass is 291 g/mol. The molecule has 20 heavy (non-hydrogen) atoms. The molecule has 1 unspecified atom stereocenters. The van der Waals surface area contributed by atoms with E-state index in [1.54, 1.807) is 6.26 Å². The maximum absolute atomic E-state index is 12.1. The van der Waals surface area contributed by atoms with Crippen LogP contribution in [0.15, 0.2) is 52.0 Å². The van der Waals surface area contributed by atoms with Gasteiger partial charge >= 0.3 is 5.97 Å². The number of methoxy groups -OCH3 is 1. The van der Waals surface area contributed by atoms with Crippen LogP contribution < -0.4 is 5.73 Å². The smallest absolute Gasteiger partial charge is 0.331 e. The zero-order chi connectivity index (χ0) is 14.6. The molecule has 106 valence electrons. The van der Waals surface area contributed by atoms with Crippen LogP contribution in [0.25, 0.3) is 0 Å². The summed E-state index contributed by atoms with van der Waals surface area (Å²) >= 11 is 1.48. The van der Waals surface area contributed by atoms with Crippen molar-refractivity contribution in [3.63, 3.8) is 0 Å². The van der Waals surface area contributed by atoms with E-state index < -0.39 is 11.5 Å². The number of hydrogen-bond acceptors (Lipinski definition) is 5. The number of ether oxygens (including phenoxy) is 1. The van der Waals surface area contributed by atoms with Crippen LogP contribution in [0.2, 0.25) is 0 Å². The van der Waals surface area contributed by atoms with Crippen molar-refractivity contribution in [2.75, 3.05) is 12.9 Å². The standard InChI is InChI=1S/C15H17NO3S/c1-11-13(8-9-19-11)20-10-15(16,14(17)18-2)12-6-4-3-5-7-12/h3-9H,10,16H2,1-2H3. The van der Waals surface area contributed by atoms with E-state index >= 15 is 0 Å². The number of esters is 1. The number of hydrogen-bond donors (Lipinski definition) is 1. The second kappa shape index (κ2) is 6.15. The van der Waals surface area contributed by atoms with E-state index in [0.29, 0.717) is 5.75 Å². The maximum atomic E-state index is 12.1. The molecule has 0 fully saturated rings. The number of carbonyl (C=O) groups is 1. The SMILES string of the molecule is COC(=O)C(N)(CSc1ccoc1C)c1ccccc1. The highest BCUT2D eigenvalue weighted by Crippen LogP contribution is 2.31. The Labute approximate surface area is 122 Å². The van der Waals surface area contributed by atoms with E-state index in [1.807, 2.05) is 43.3 Å². The van der Waals surface area contributed by atoms with Crippen LogP contribution in [0, 0.1) is 6.92 Å². The van der Waals surface area contributed by atoms with Gasteiger partial charge in [0, 0.05) is 10.6 Å². The first-order valence-electron chi connectivity index (χ1n) is 6.17. The molecule has 1 atom stereocenters. The molecule has 0 spiro atoms. The van der Waals surface area contributed by atoms with Crippen molar-refractivity contribution in [3.05, 3.63) is 54.0 Å². The van der Waals surface area contributed by atoms with Gasteiger partial charge in [-0.15, -0.1) is 11.8 Å². The molecule has 0 radical (unpaired) electrons. The Bertz CT molecular complexity index is 582. The first kappa shape index (κ1) is 14.7. The summed E-state index contributed by atoms with van der Waals surface area (Å²) in [5, 5.41) is 0. The van der Waals surface area contributed by atoms with Crippen LogP contribution in [0.5, 0.6) is 0 Å². The van der Waals surface area contributed by atoms with E-state index in [0.717, 1.165) is 16.2 Å². The van der Waals surface area contributed by atoms with E-state index in [9.17, 15) is 4.79 Å². The molecule has 1 aromatic heterocycles. The highest BCUT2D eigenvalue weighted by atomic mass is 32.2. The average molecular weight is 291 g/mol. The number of benzene rings is 1. The number of rotatable bonds is 5. The molecule has 0 amide bonds. The van der Waals surface area contributed by atoms with Gasteiger partial charge in [0.2, 0.25) is 0 Å². The molecule has 4 nitrogen and oxygen atoms in total. The molecule has 5 heteroatoms. The first-order valence-corrected chi connectivity index (χ1v) is 7.16. The molecule has 1 heterocycles. The lowest BCUT2D eigenvalue weighted by molar-refractivity contribution is -0.146. The van der Waals surface area contributed by atoms with Crippen LogP contribution >= 0.6 is 11.8 Å². The number of aryl methyl sites for hydroxylation is 1. The van der Waals surface area contributed by atoms with E-state index in [2.05, 4.69) is 0 Å². The lowest BCUT2D eigenvalue weighted by Crippen LogP contribution is -2.48. The van der Waals surface area contributed by atoms with Gasteiger partial charge in [-0.3, -0.25) is 0 Å². The number of carbonyl (C=O) groups excluding carboxylic acids is 1. The predicted octanol–water partition coefficient (Wildman–Crippen LogP) is 2.71. The van der Waals surface area contributed by atoms with Gasteiger partial charge < -0.3 is 14.9 Å². The molecular formula is C15H17NO3S. The normalized spacial score (nSPS) is 13.8. The van der Waals surface area contributed by atoms with E-state index in [-0.39, 0.29) is 0 Å². The second-order valence-electron chi connectivity index (χ2n) is 4.46. The Kier molecular flexibility index (Phi) is 4.52. The van der Waals surface area contributed by atoms with Gasteiger partial charge in [0.05, 0.1) is 13.4 Å². The molecule has 0 aliphatic carbocycles. The summed E-state index contributed by atoms with van der Waals surface area (Å²) in [7, 11) is 1.35. The lowest BCUT2D eigenvalue weighted by Gasteiger charge is -2.26. The molecular weight excluding hydrogens is 274 g/mol. The van der Waals surface area contributed by atoms with Crippen LogP contribution in [0.1, 0.15) is 11.3 Å². The molecule has 2 aromatic rings. The quantitative estimate of drug-likeness (QED) is 0.678. The third-order valence-corrected chi connectivity index (χ3v) is 4.44. The van der Waals surface area contributed by atoms with Gasteiger partial charge in [-0.05, 0) is 18.6 Å². The van der Waals surface area contributed by atoms with Crippen LogP contribution in [-0.4, -0.2) is 18.8 Å². The highest BCUT2D eigenvalue weighted by molar-refractivity contribution is 7.99. The fraction of sp³-hybridized carbons (Fsp3) is 0.267. The number of nitrogens with two attached hydrogens (primary N) is 1. The molecule has 2 rings (SSSR count). The van der Waals surface area contributed by atoms with Crippen LogP contribution in [-0.2, 0) is 15.1 Å². The lowest BCUT2D eigenvalue weighted by atomic mass is 9.93. The van der Waals surface area contributed by atoms with Crippen LogP contribution in [0.4, 0.5) is 0 Å². The first-order chi connectivity index (χ1) is 9.58. The molecule has 0 saturated heterocycles. The summed E-state index contributed by atoms with van der Waals surface area (Å²) < 4.78 is 10.1. The Morgan fingerprint density at radius 2 is 2.05 bits per heavy atom. The van der Waals surface area contributed by atoms with Crippen molar-refractivity contribution in [2.45, 2.75) is 17.4 Å². The molecule has 0 saturated carbocycles. The number of thioether (sulfide) groups is 1. The zero-order valence-corrected chi connectivity index (χ0v) is 12.3. The van der Waals surface area contributed by atoms with Gasteiger partial charge in [-0.1, -0.05) is 30.3 Å². The Hall–Kier alpha value is -1.72. The zero-order valence-electron chi connectivity index (χ0n) is 11.5. The largest absolute Gasteiger partial charge is 0.468 e. The molecule has 1 aromatic carbocycles. The van der Waals surface area contributed by atoms with E-state index in [4.69, 9.17) is 14.9 Å². The van der Waals surface area contributed by atoms with Crippen molar-refractivity contribution >= 4 is 17.7 Å². The molecule has 2 N–H and O–H groups in total. The Balaban J connectivity index is 2.24. The van der Waals surface area contributed by atoms with Crippen LogP contribution in [0.3, 0.4) is 0 Å². The summed E-state index contributed by atoms with van der Waals surface area (Å²) in [4.78, 5) is 13.1. The summed E-state index contributed by atoms with van der Waals surface area (Å²) in [5.74, 6) is 0.747. The third kappa shape index (κ3) is 2.89. The maximum Gasteiger partial charge on any atom is 0.331 e. The number of furan rings is 1. The van der Waals surface area contributed by atoms with Crippen molar-refractivity contribution in [3.8, 4) is 0 Å². The minimum Gasteiger partial charge on any atom is -0.468 e. The van der Waals surface area contributed by atoms with Gasteiger partial charge in [-0.2, -0.15) is 0 Å². The molecule has 0 bridgehead atoms. The summed E-state index contributed by atoms with van der Waals surface area (Å²) in [6, 6.07) is 11.1. The summed E-state index contributed by atoms with van der Waals surface area (Å²) in [6.45, 7) is 1.88. The van der Waals surface area contributed by atoms with Gasteiger partial charge in [-0.25, -0.2) is 4.79 Å². The van der Waals surface area contributed by atoms with Gasteiger partial charge in [0.1, 0.15) is 11.3 Å². The molecule has 0 aliphatic heterocycles. The third-order valence-electron chi connectivity index (χ3n) is 3.11. The van der Waals surface area contributed by atoms with Crippen molar-refractivity contribution in [1.29, 1.82) is 0 Å². The summed E-state index contributed by atoms with van der Waals surface area (Å²) in [5.41, 5.74) is 5.87. The fourth-order valence-corrected chi connectivity index (χ4v) is 2.96. The second-order valence-corrected chi connectivity index (χ2v) is 5.48. The average Bonchev–Trinajstić information content (AvgIpc) is 2.90. The Morgan fingerprint density at radius 1 is 1.35 bits per heavy atom. The fourth-order valence-electron chi connectivity index (χ4n) is 1.89. The summed E-state index contributed by atoms with van der Waals surface area (Å²) in [6.07, 6.45) is 1.62. The predicted molar refractivity (Wildman–Crippen MR) is 78.5 cm³/mol. The minimum atomic E-state index is -1.18. The van der Waals surface area contributed by atoms with Gasteiger partial charge in [0.15, 0.2) is 0 Å². The minimum absolute atomic E-state index is 0.379. The van der Waals surface area contributed by atoms with Crippen molar-refractivity contribution in [1.82, 2.24) is 0 Å². The topological polar surface area (TPSA) is 65.5 Å². The molecule has 0 aliphatic rings. The van der Waals surface area contributed by atoms with Crippen molar-refractivity contribution in [2.24, 2.45) is 5.73 Å². The Morgan fingerprint density at radius 3 is 2.60 bits per heavy atom. The van der Waals surface area contributed by atoms with Gasteiger partial charge in [0.25, 0.3) is 0 Å². The highest BCUT2D eigenvalue weighted by Gasteiger charge is 2.37. The van der Waals surface area contributed by atoms with Crippen molar-refractivity contribution < 1.29 is 13.9 Å². The van der Waals surface area contributed by atoms with E-state index in [1.165, 1.54) is 18.9 Å².